The Morgan fingerprint density at radius 2 is 1.87 bits per heavy atom. The van der Waals surface area contributed by atoms with Gasteiger partial charge in [-0.05, 0) is 61.4 Å². The van der Waals surface area contributed by atoms with Crippen LogP contribution in [0.4, 0.5) is 10.5 Å². The van der Waals surface area contributed by atoms with Gasteiger partial charge in [0.1, 0.15) is 24.6 Å². The summed E-state index contributed by atoms with van der Waals surface area (Å²) in [5, 5.41) is 14.2. The smallest absolute Gasteiger partial charge is 0.371 e. The maximum Gasteiger partial charge on any atom is 0.371 e. The quantitative estimate of drug-likeness (QED) is 0.271. The van der Waals surface area contributed by atoms with Crippen LogP contribution in [0.3, 0.4) is 0 Å². The molecule has 1 aliphatic heterocycles. The number of benzene rings is 2. The monoisotopic (exact) mass is 519 g/mol. The maximum atomic E-state index is 12.8. The molecular weight excluding hydrogens is 494 g/mol. The molecule has 4 rings (SSSR count). The summed E-state index contributed by atoms with van der Waals surface area (Å²) in [5.74, 6) is -1.45. The molecule has 0 radical (unpaired) electrons. The molecule has 196 valence electrons. The Labute approximate surface area is 217 Å². The molecule has 0 unspecified atom stereocenters. The van der Waals surface area contributed by atoms with Crippen LogP contribution in [-0.2, 0) is 16.2 Å². The van der Waals surface area contributed by atoms with E-state index in [0.29, 0.717) is 35.1 Å². The van der Waals surface area contributed by atoms with E-state index in [9.17, 15) is 19.2 Å². The summed E-state index contributed by atoms with van der Waals surface area (Å²) in [6, 6.07) is 14.2. The summed E-state index contributed by atoms with van der Waals surface area (Å²) < 4.78 is 16.6. The van der Waals surface area contributed by atoms with Gasteiger partial charge in [0.25, 0.3) is 5.91 Å². The van der Waals surface area contributed by atoms with Crippen LogP contribution in [-0.4, -0.2) is 47.0 Å². The molecule has 11 nitrogen and oxygen atoms in total. The van der Waals surface area contributed by atoms with Gasteiger partial charge in [0.05, 0.1) is 6.61 Å². The Hall–Kier alpha value is -5.06. The number of carboxylic acids is 1. The average molecular weight is 520 g/mol. The van der Waals surface area contributed by atoms with Crippen LogP contribution in [0.15, 0.2) is 64.7 Å². The Bertz CT molecular complexity index is 1430. The molecule has 1 aromatic heterocycles. The van der Waals surface area contributed by atoms with Crippen molar-refractivity contribution in [2.45, 2.75) is 20.5 Å². The largest absolute Gasteiger partial charge is 0.490 e. The number of para-hydroxylation sites is 1. The van der Waals surface area contributed by atoms with Gasteiger partial charge in [-0.15, -0.1) is 0 Å². The molecule has 1 aliphatic rings. The number of nitrogens with one attached hydrogen (secondary N) is 2. The number of carbonyl (C=O) groups excluding carboxylic acids is 3. The molecule has 0 saturated carbocycles. The summed E-state index contributed by atoms with van der Waals surface area (Å²) in [6.07, 6.45) is 1.47. The van der Waals surface area contributed by atoms with Crippen molar-refractivity contribution < 1.29 is 38.2 Å². The highest BCUT2D eigenvalue weighted by molar-refractivity contribution is 6.16. The Balaban J connectivity index is 1.44. The number of amides is 4. The molecule has 3 aromatic rings. The van der Waals surface area contributed by atoms with E-state index in [0.717, 1.165) is 10.5 Å². The van der Waals surface area contributed by atoms with Gasteiger partial charge < -0.3 is 29.6 Å². The van der Waals surface area contributed by atoms with Crippen molar-refractivity contribution in [2.24, 2.45) is 0 Å². The first-order chi connectivity index (χ1) is 18.2. The molecule has 4 amide bonds. The van der Waals surface area contributed by atoms with E-state index in [1.807, 2.05) is 19.1 Å². The first kappa shape index (κ1) is 26.0. The van der Waals surface area contributed by atoms with Gasteiger partial charge in [-0.3, -0.25) is 9.59 Å². The lowest BCUT2D eigenvalue weighted by Crippen LogP contribution is -2.38. The van der Waals surface area contributed by atoms with Crippen molar-refractivity contribution in [1.82, 2.24) is 10.2 Å². The van der Waals surface area contributed by atoms with Crippen LogP contribution < -0.4 is 20.1 Å². The number of ether oxygens (including phenoxy) is 2. The summed E-state index contributed by atoms with van der Waals surface area (Å²) in [6.45, 7) is 3.50. The number of rotatable bonds is 10. The van der Waals surface area contributed by atoms with Crippen molar-refractivity contribution in [3.05, 3.63) is 82.9 Å². The standard InChI is InChI=1S/C27H25N3O8/c1-3-36-23-13-17(8-10-21(23)37-15-18-9-11-22(38-18)26(33)34)12-20-25(32)30(27(35)29-20)14-24(31)28-19-7-5-4-6-16(19)2/h4-13H,3,14-15H2,1-2H3,(H,28,31)(H,29,35)(H,33,34). The number of urea groups is 1. The van der Waals surface area contributed by atoms with Crippen molar-refractivity contribution in [1.29, 1.82) is 0 Å². The molecule has 1 fully saturated rings. The first-order valence-corrected chi connectivity index (χ1v) is 11.7. The van der Waals surface area contributed by atoms with E-state index < -0.39 is 30.4 Å². The predicted octanol–water partition coefficient (Wildman–Crippen LogP) is 3.80. The zero-order valence-corrected chi connectivity index (χ0v) is 20.6. The van der Waals surface area contributed by atoms with Crippen LogP contribution in [0, 0.1) is 6.92 Å². The van der Waals surface area contributed by atoms with Crippen LogP contribution in [0.1, 0.15) is 34.4 Å². The summed E-state index contributed by atoms with van der Waals surface area (Å²) in [5.41, 5.74) is 2.00. The lowest BCUT2D eigenvalue weighted by Gasteiger charge is -2.13. The molecular formula is C27H25N3O8. The van der Waals surface area contributed by atoms with E-state index in [1.165, 1.54) is 18.2 Å². The minimum Gasteiger partial charge on any atom is -0.490 e. The number of anilines is 1. The van der Waals surface area contributed by atoms with Crippen LogP contribution in [0.25, 0.3) is 6.08 Å². The average Bonchev–Trinajstić information content (AvgIpc) is 3.46. The van der Waals surface area contributed by atoms with Crippen molar-refractivity contribution in [3.63, 3.8) is 0 Å². The lowest BCUT2D eigenvalue weighted by molar-refractivity contribution is -0.127. The number of carbonyl (C=O) groups is 4. The van der Waals surface area contributed by atoms with Gasteiger partial charge in [-0.2, -0.15) is 0 Å². The number of aryl methyl sites for hydroxylation is 1. The molecule has 3 N–H and O–H groups in total. The van der Waals surface area contributed by atoms with Gasteiger partial charge in [-0.25, -0.2) is 14.5 Å². The topological polar surface area (TPSA) is 147 Å². The predicted molar refractivity (Wildman–Crippen MR) is 136 cm³/mol. The summed E-state index contributed by atoms with van der Waals surface area (Å²) in [4.78, 5) is 49.5. The summed E-state index contributed by atoms with van der Waals surface area (Å²) >= 11 is 0. The second kappa shape index (κ2) is 11.3. The van der Waals surface area contributed by atoms with Crippen molar-refractivity contribution in [2.75, 3.05) is 18.5 Å². The van der Waals surface area contributed by atoms with Crippen LogP contribution in [0.5, 0.6) is 11.5 Å². The molecule has 38 heavy (non-hydrogen) atoms. The zero-order chi connectivity index (χ0) is 27.2. The van der Waals surface area contributed by atoms with E-state index in [1.54, 1.807) is 37.3 Å². The molecule has 11 heteroatoms. The Morgan fingerprint density at radius 1 is 1.08 bits per heavy atom. The number of hydrogen-bond donors (Lipinski definition) is 3. The number of furan rings is 1. The molecule has 0 atom stereocenters. The van der Waals surface area contributed by atoms with Gasteiger partial charge in [0.2, 0.25) is 11.7 Å². The second-order valence-corrected chi connectivity index (χ2v) is 8.24. The normalized spacial score (nSPS) is 13.9. The second-order valence-electron chi connectivity index (χ2n) is 8.24. The van der Waals surface area contributed by atoms with E-state index in [2.05, 4.69) is 10.6 Å². The minimum absolute atomic E-state index is 0.00611. The SMILES string of the molecule is CCOc1cc(C=C2NC(=O)N(CC(=O)Nc3ccccc3C)C2=O)ccc1OCc1ccc(C(=O)O)o1. The van der Waals surface area contributed by atoms with Crippen molar-refractivity contribution >= 4 is 35.6 Å². The molecule has 2 aromatic carbocycles. The fourth-order valence-corrected chi connectivity index (χ4v) is 3.65. The highest BCUT2D eigenvalue weighted by atomic mass is 16.5. The molecule has 0 spiro atoms. The third-order valence-corrected chi connectivity index (χ3v) is 5.50. The number of nitrogens with zero attached hydrogens (tertiary/aromatic N) is 1. The van der Waals surface area contributed by atoms with E-state index in [4.69, 9.17) is 19.0 Å². The highest BCUT2D eigenvalue weighted by Crippen LogP contribution is 2.30. The van der Waals surface area contributed by atoms with E-state index in [-0.39, 0.29) is 18.1 Å². The van der Waals surface area contributed by atoms with Gasteiger partial charge in [0, 0.05) is 5.69 Å². The van der Waals surface area contributed by atoms with Crippen LogP contribution >= 0.6 is 0 Å². The van der Waals surface area contributed by atoms with E-state index >= 15 is 0 Å². The number of aromatic carboxylic acids is 1. The first-order valence-electron chi connectivity index (χ1n) is 11.7. The number of carboxylic acid groups (broad SMARTS) is 1. The summed E-state index contributed by atoms with van der Waals surface area (Å²) in [7, 11) is 0. The number of hydrogen-bond acceptors (Lipinski definition) is 7. The van der Waals surface area contributed by atoms with Crippen molar-refractivity contribution in [3.8, 4) is 11.5 Å². The third-order valence-electron chi connectivity index (χ3n) is 5.50. The molecule has 0 aliphatic carbocycles. The van der Waals surface area contributed by atoms with Crippen LogP contribution in [0.2, 0.25) is 0 Å². The maximum absolute atomic E-state index is 12.8. The lowest BCUT2D eigenvalue weighted by atomic mass is 10.1. The molecule has 1 saturated heterocycles. The Kier molecular flexibility index (Phi) is 7.76. The third kappa shape index (κ3) is 6.01. The minimum atomic E-state index is -1.18. The zero-order valence-electron chi connectivity index (χ0n) is 20.6. The van der Waals surface area contributed by atoms with Gasteiger partial charge >= 0.3 is 12.0 Å². The fraction of sp³-hybridized carbons (Fsp3) is 0.185. The molecule has 0 bridgehead atoms. The van der Waals surface area contributed by atoms with Gasteiger partial charge in [0.15, 0.2) is 11.5 Å². The fourth-order valence-electron chi connectivity index (χ4n) is 3.65. The Morgan fingerprint density at radius 3 is 2.58 bits per heavy atom. The van der Waals surface area contributed by atoms with Gasteiger partial charge in [-0.1, -0.05) is 24.3 Å². The number of imide groups is 1. The molecule has 2 heterocycles. The highest BCUT2D eigenvalue weighted by Gasteiger charge is 2.35.